The molecule has 16 heavy (non-hydrogen) atoms. The summed E-state index contributed by atoms with van der Waals surface area (Å²) in [5, 5.41) is 2.61. The topological polar surface area (TPSA) is 55.4 Å². The van der Waals surface area contributed by atoms with Crippen molar-refractivity contribution in [2.24, 2.45) is 0 Å². The first-order valence-corrected chi connectivity index (χ1v) is 5.24. The van der Waals surface area contributed by atoms with E-state index in [0.29, 0.717) is 18.7 Å². The number of hydrogen-bond donors (Lipinski definition) is 1. The summed E-state index contributed by atoms with van der Waals surface area (Å²) in [4.78, 5) is 22.2. The Morgan fingerprint density at radius 1 is 1.25 bits per heavy atom. The van der Waals surface area contributed by atoms with Crippen LogP contribution in [0.2, 0.25) is 0 Å². The zero-order chi connectivity index (χ0) is 11.8. The molecule has 0 unspecified atom stereocenters. The molecule has 4 nitrogen and oxygen atoms in total. The molecule has 0 aliphatic carbocycles. The van der Waals surface area contributed by atoms with Crippen molar-refractivity contribution in [1.82, 2.24) is 5.32 Å². The summed E-state index contributed by atoms with van der Waals surface area (Å²) in [6.45, 7) is 2.08. The van der Waals surface area contributed by atoms with Crippen LogP contribution in [-0.2, 0) is 9.59 Å². The van der Waals surface area contributed by atoms with Gasteiger partial charge in [-0.3, -0.25) is 9.59 Å². The van der Waals surface area contributed by atoms with E-state index < -0.39 is 0 Å². The fraction of sp³-hybridized carbons (Fsp3) is 0.333. The van der Waals surface area contributed by atoms with E-state index in [9.17, 15) is 9.59 Å². The first-order chi connectivity index (χ1) is 7.72. The van der Waals surface area contributed by atoms with Crippen LogP contribution >= 0.6 is 0 Å². The average Bonchev–Trinajstić information content (AvgIpc) is 2.30. The first-order valence-electron chi connectivity index (χ1n) is 5.24. The molecule has 1 N–H and O–H groups in total. The molecule has 4 heteroatoms. The maximum Gasteiger partial charge on any atom is 0.312 e. The minimum Gasteiger partial charge on any atom is -0.426 e. The highest BCUT2D eigenvalue weighted by atomic mass is 16.5. The van der Waals surface area contributed by atoms with Gasteiger partial charge in [0.1, 0.15) is 5.75 Å². The number of ether oxygens (including phenoxy) is 1. The molecule has 0 saturated heterocycles. The van der Waals surface area contributed by atoms with Gasteiger partial charge in [-0.2, -0.15) is 0 Å². The first kappa shape index (κ1) is 12.2. The number of para-hydroxylation sites is 1. The van der Waals surface area contributed by atoms with Crippen molar-refractivity contribution < 1.29 is 14.3 Å². The Balaban J connectivity index is 2.24. The summed E-state index contributed by atoms with van der Waals surface area (Å²) in [7, 11) is 0. The number of esters is 1. The van der Waals surface area contributed by atoms with Gasteiger partial charge in [0.25, 0.3) is 0 Å². The lowest BCUT2D eigenvalue weighted by molar-refractivity contribution is -0.134. The number of hydrogen-bond acceptors (Lipinski definition) is 3. The maximum atomic E-state index is 11.3. The number of rotatable bonds is 5. The standard InChI is InChI=1S/C12H15NO3/c1-2-11(14)13-9-8-12(15)16-10-6-4-3-5-7-10/h3-7H,2,8-9H2,1H3,(H,13,14). The maximum absolute atomic E-state index is 11.3. The summed E-state index contributed by atoms with van der Waals surface area (Å²) in [6.07, 6.45) is 0.606. The van der Waals surface area contributed by atoms with Crippen LogP contribution in [0.5, 0.6) is 5.75 Å². The van der Waals surface area contributed by atoms with Crippen LogP contribution in [0.25, 0.3) is 0 Å². The Hall–Kier alpha value is -1.84. The van der Waals surface area contributed by atoms with Crippen molar-refractivity contribution in [3.63, 3.8) is 0 Å². The van der Waals surface area contributed by atoms with Crippen LogP contribution < -0.4 is 10.1 Å². The zero-order valence-electron chi connectivity index (χ0n) is 9.23. The van der Waals surface area contributed by atoms with E-state index in [-0.39, 0.29) is 18.3 Å². The lowest BCUT2D eigenvalue weighted by Crippen LogP contribution is -2.26. The predicted molar refractivity (Wildman–Crippen MR) is 60.0 cm³/mol. The lowest BCUT2D eigenvalue weighted by atomic mass is 10.3. The van der Waals surface area contributed by atoms with Crippen LogP contribution in [0.1, 0.15) is 19.8 Å². The van der Waals surface area contributed by atoms with Gasteiger partial charge in [0.2, 0.25) is 5.91 Å². The third-order valence-corrected chi connectivity index (χ3v) is 1.95. The van der Waals surface area contributed by atoms with E-state index in [0.717, 1.165) is 0 Å². The molecule has 0 spiro atoms. The molecule has 1 aromatic rings. The largest absolute Gasteiger partial charge is 0.426 e. The van der Waals surface area contributed by atoms with Gasteiger partial charge in [0.05, 0.1) is 6.42 Å². The molecule has 1 rings (SSSR count). The molecule has 0 aromatic heterocycles. The van der Waals surface area contributed by atoms with E-state index in [4.69, 9.17) is 4.74 Å². The molecule has 0 aliphatic heterocycles. The normalized spacial score (nSPS) is 9.56. The Morgan fingerprint density at radius 2 is 1.94 bits per heavy atom. The Bertz CT molecular complexity index is 349. The summed E-state index contributed by atoms with van der Waals surface area (Å²) in [5.41, 5.74) is 0. The van der Waals surface area contributed by atoms with Gasteiger partial charge in [0, 0.05) is 13.0 Å². The molecule has 1 amide bonds. The van der Waals surface area contributed by atoms with Crippen LogP contribution in [-0.4, -0.2) is 18.4 Å². The molecule has 0 fully saturated rings. The molecule has 0 radical (unpaired) electrons. The third-order valence-electron chi connectivity index (χ3n) is 1.95. The van der Waals surface area contributed by atoms with Gasteiger partial charge in [-0.05, 0) is 12.1 Å². The SMILES string of the molecule is CCC(=O)NCCC(=O)Oc1ccccc1. The number of benzene rings is 1. The summed E-state index contributed by atoms with van der Waals surface area (Å²) < 4.78 is 5.04. The Labute approximate surface area is 94.6 Å². The number of nitrogens with one attached hydrogen (secondary N) is 1. The Kier molecular flexibility index (Phi) is 5.05. The molecule has 86 valence electrons. The minimum absolute atomic E-state index is 0.0625. The monoisotopic (exact) mass is 221 g/mol. The quantitative estimate of drug-likeness (QED) is 0.605. The van der Waals surface area contributed by atoms with Crippen molar-refractivity contribution in [3.8, 4) is 5.75 Å². The second-order valence-electron chi connectivity index (χ2n) is 3.24. The van der Waals surface area contributed by atoms with Crippen molar-refractivity contribution in [2.45, 2.75) is 19.8 Å². The van der Waals surface area contributed by atoms with E-state index in [1.54, 1.807) is 31.2 Å². The molecule has 0 atom stereocenters. The van der Waals surface area contributed by atoms with Gasteiger partial charge in [-0.25, -0.2) is 0 Å². The van der Waals surface area contributed by atoms with Gasteiger partial charge >= 0.3 is 5.97 Å². The van der Waals surface area contributed by atoms with Gasteiger partial charge in [-0.1, -0.05) is 25.1 Å². The third kappa shape index (κ3) is 4.59. The van der Waals surface area contributed by atoms with Crippen molar-refractivity contribution in [1.29, 1.82) is 0 Å². The Morgan fingerprint density at radius 3 is 2.56 bits per heavy atom. The second kappa shape index (κ2) is 6.61. The molecule has 0 bridgehead atoms. The summed E-state index contributed by atoms with van der Waals surface area (Å²) in [5.74, 6) is 0.115. The average molecular weight is 221 g/mol. The fourth-order valence-electron chi connectivity index (χ4n) is 1.10. The molecular weight excluding hydrogens is 206 g/mol. The number of carbonyl (C=O) groups excluding carboxylic acids is 2. The highest BCUT2D eigenvalue weighted by Gasteiger charge is 2.04. The smallest absolute Gasteiger partial charge is 0.312 e. The molecule has 0 heterocycles. The molecule has 1 aromatic carbocycles. The van der Waals surface area contributed by atoms with E-state index in [1.807, 2.05) is 6.07 Å². The predicted octanol–water partition coefficient (Wildman–Crippen LogP) is 1.51. The van der Waals surface area contributed by atoms with Gasteiger partial charge in [-0.15, -0.1) is 0 Å². The summed E-state index contributed by atoms with van der Waals surface area (Å²) >= 11 is 0. The van der Waals surface area contributed by atoms with E-state index in [1.165, 1.54) is 0 Å². The van der Waals surface area contributed by atoms with Crippen LogP contribution in [0, 0.1) is 0 Å². The van der Waals surface area contributed by atoms with Crippen LogP contribution in [0.15, 0.2) is 30.3 Å². The van der Waals surface area contributed by atoms with Gasteiger partial charge in [0.15, 0.2) is 0 Å². The van der Waals surface area contributed by atoms with Crippen molar-refractivity contribution in [2.75, 3.05) is 6.54 Å². The molecule has 0 saturated carbocycles. The van der Waals surface area contributed by atoms with Crippen molar-refractivity contribution >= 4 is 11.9 Å². The molecular formula is C12H15NO3. The molecule has 0 aliphatic rings. The van der Waals surface area contributed by atoms with Crippen LogP contribution in [0.3, 0.4) is 0 Å². The minimum atomic E-state index is -0.345. The van der Waals surface area contributed by atoms with Crippen LogP contribution in [0.4, 0.5) is 0 Å². The lowest BCUT2D eigenvalue weighted by Gasteiger charge is -2.04. The highest BCUT2D eigenvalue weighted by molar-refractivity contribution is 5.77. The number of amides is 1. The zero-order valence-corrected chi connectivity index (χ0v) is 9.23. The van der Waals surface area contributed by atoms with Crippen molar-refractivity contribution in [3.05, 3.63) is 30.3 Å². The number of carbonyl (C=O) groups is 2. The second-order valence-corrected chi connectivity index (χ2v) is 3.24. The highest BCUT2D eigenvalue weighted by Crippen LogP contribution is 2.08. The fourth-order valence-corrected chi connectivity index (χ4v) is 1.10. The van der Waals surface area contributed by atoms with E-state index >= 15 is 0 Å². The van der Waals surface area contributed by atoms with Gasteiger partial charge < -0.3 is 10.1 Å². The summed E-state index contributed by atoms with van der Waals surface area (Å²) in [6, 6.07) is 8.85. The van der Waals surface area contributed by atoms with E-state index in [2.05, 4.69) is 5.32 Å².